The molecule has 1 fully saturated rings. The Bertz CT molecular complexity index is 327. The Balaban J connectivity index is 2.07. The fraction of sp³-hybridized carbons (Fsp3) is 0.643. The van der Waals surface area contributed by atoms with Gasteiger partial charge in [0.2, 0.25) is 0 Å². The summed E-state index contributed by atoms with van der Waals surface area (Å²) in [5.74, 6) is 1.41. The summed E-state index contributed by atoms with van der Waals surface area (Å²) in [7, 11) is 0. The first-order valence-corrected chi connectivity index (χ1v) is 6.41. The molecule has 0 saturated carbocycles. The highest BCUT2D eigenvalue weighted by molar-refractivity contribution is 5.26. The Morgan fingerprint density at radius 2 is 2.38 bits per heavy atom. The third-order valence-corrected chi connectivity index (χ3v) is 3.47. The number of nitrogens with zero attached hydrogens (tertiary/aromatic N) is 1. The van der Waals surface area contributed by atoms with Crippen molar-refractivity contribution < 1.29 is 0 Å². The molecule has 0 bridgehead atoms. The number of pyridine rings is 1. The van der Waals surface area contributed by atoms with Gasteiger partial charge in [-0.3, -0.25) is 4.98 Å². The van der Waals surface area contributed by atoms with Gasteiger partial charge in [-0.25, -0.2) is 0 Å². The van der Waals surface area contributed by atoms with Crippen molar-refractivity contribution in [3.05, 3.63) is 29.6 Å². The van der Waals surface area contributed by atoms with Crippen molar-refractivity contribution in [2.24, 2.45) is 5.92 Å². The molecule has 2 heteroatoms. The van der Waals surface area contributed by atoms with Crippen LogP contribution in [0.25, 0.3) is 0 Å². The van der Waals surface area contributed by atoms with Crippen molar-refractivity contribution in [1.82, 2.24) is 10.3 Å². The molecule has 2 heterocycles. The van der Waals surface area contributed by atoms with Crippen LogP contribution < -0.4 is 5.32 Å². The van der Waals surface area contributed by atoms with Crippen molar-refractivity contribution in [3.63, 3.8) is 0 Å². The fourth-order valence-electron chi connectivity index (χ4n) is 2.58. The molecule has 0 spiro atoms. The average molecular weight is 218 g/mol. The van der Waals surface area contributed by atoms with Crippen LogP contribution in [0, 0.1) is 5.92 Å². The molecular formula is C14H22N2. The van der Waals surface area contributed by atoms with E-state index >= 15 is 0 Å². The first-order chi connectivity index (χ1) is 7.77. The van der Waals surface area contributed by atoms with E-state index in [-0.39, 0.29) is 0 Å². The molecule has 0 amide bonds. The van der Waals surface area contributed by atoms with Crippen LogP contribution in [0.4, 0.5) is 0 Å². The number of aromatic nitrogens is 1. The fourth-order valence-corrected chi connectivity index (χ4v) is 2.58. The van der Waals surface area contributed by atoms with E-state index in [1.54, 1.807) is 0 Å². The minimum absolute atomic E-state index is 0.606. The third kappa shape index (κ3) is 2.82. The molecule has 1 N–H and O–H groups in total. The second kappa shape index (κ2) is 5.44. The molecule has 1 aliphatic heterocycles. The summed E-state index contributed by atoms with van der Waals surface area (Å²) in [6.45, 7) is 6.89. The van der Waals surface area contributed by atoms with Gasteiger partial charge in [-0.15, -0.1) is 0 Å². The van der Waals surface area contributed by atoms with Crippen LogP contribution in [0.1, 0.15) is 43.7 Å². The van der Waals surface area contributed by atoms with Crippen LogP contribution >= 0.6 is 0 Å². The van der Waals surface area contributed by atoms with E-state index in [0.717, 1.165) is 5.92 Å². The zero-order valence-corrected chi connectivity index (χ0v) is 10.4. The van der Waals surface area contributed by atoms with Crippen molar-refractivity contribution in [1.29, 1.82) is 0 Å². The minimum atomic E-state index is 0.606. The molecule has 0 radical (unpaired) electrons. The van der Waals surface area contributed by atoms with Crippen LogP contribution in [-0.4, -0.2) is 18.1 Å². The van der Waals surface area contributed by atoms with Gasteiger partial charge in [-0.2, -0.15) is 0 Å². The van der Waals surface area contributed by atoms with Crippen LogP contribution in [0.5, 0.6) is 0 Å². The normalized spacial score (nSPS) is 21.3. The molecule has 1 aromatic rings. The molecule has 16 heavy (non-hydrogen) atoms. The van der Waals surface area contributed by atoms with Gasteiger partial charge >= 0.3 is 0 Å². The van der Waals surface area contributed by atoms with Gasteiger partial charge in [0.15, 0.2) is 0 Å². The Morgan fingerprint density at radius 1 is 1.50 bits per heavy atom. The summed E-state index contributed by atoms with van der Waals surface area (Å²) in [6, 6.07) is 2.18. The molecule has 0 aromatic carbocycles. The maximum atomic E-state index is 4.27. The summed E-state index contributed by atoms with van der Waals surface area (Å²) >= 11 is 0. The average Bonchev–Trinajstić information content (AvgIpc) is 2.31. The van der Waals surface area contributed by atoms with E-state index in [0.29, 0.717) is 5.92 Å². The van der Waals surface area contributed by atoms with E-state index in [9.17, 15) is 0 Å². The number of nitrogens with one attached hydrogen (secondary N) is 1. The SMILES string of the molecule is CC(C)c1ccncc1CC1CCCNC1. The van der Waals surface area contributed by atoms with Crippen LogP contribution in [0.3, 0.4) is 0 Å². The summed E-state index contributed by atoms with van der Waals surface area (Å²) in [5.41, 5.74) is 2.92. The lowest BCUT2D eigenvalue weighted by molar-refractivity contribution is 0.375. The minimum Gasteiger partial charge on any atom is -0.316 e. The largest absolute Gasteiger partial charge is 0.316 e. The van der Waals surface area contributed by atoms with Crippen molar-refractivity contribution >= 4 is 0 Å². The van der Waals surface area contributed by atoms with Crippen LogP contribution in [0.2, 0.25) is 0 Å². The van der Waals surface area contributed by atoms with Gasteiger partial charge in [0.05, 0.1) is 0 Å². The number of hydrogen-bond donors (Lipinski definition) is 1. The van der Waals surface area contributed by atoms with E-state index < -0.39 is 0 Å². The van der Waals surface area contributed by atoms with Gasteiger partial charge < -0.3 is 5.32 Å². The number of rotatable bonds is 3. The molecule has 1 saturated heterocycles. The lowest BCUT2D eigenvalue weighted by atomic mass is 9.88. The smallest absolute Gasteiger partial charge is 0.0302 e. The van der Waals surface area contributed by atoms with Gasteiger partial charge in [-0.1, -0.05) is 13.8 Å². The third-order valence-electron chi connectivity index (χ3n) is 3.47. The molecular weight excluding hydrogens is 196 g/mol. The van der Waals surface area contributed by atoms with Gasteiger partial charge in [0.25, 0.3) is 0 Å². The Kier molecular flexibility index (Phi) is 3.94. The molecule has 1 aliphatic rings. The first kappa shape index (κ1) is 11.6. The lowest BCUT2D eigenvalue weighted by Crippen LogP contribution is -2.31. The topological polar surface area (TPSA) is 24.9 Å². The van der Waals surface area contributed by atoms with E-state index in [4.69, 9.17) is 0 Å². The zero-order chi connectivity index (χ0) is 11.4. The zero-order valence-electron chi connectivity index (χ0n) is 10.4. The van der Waals surface area contributed by atoms with E-state index in [1.807, 2.05) is 6.20 Å². The lowest BCUT2D eigenvalue weighted by Gasteiger charge is -2.24. The van der Waals surface area contributed by atoms with Gasteiger partial charge in [-0.05, 0) is 61.4 Å². The summed E-state index contributed by atoms with van der Waals surface area (Å²) < 4.78 is 0. The number of piperidine rings is 1. The highest BCUT2D eigenvalue weighted by Gasteiger charge is 2.16. The van der Waals surface area contributed by atoms with Crippen molar-refractivity contribution in [3.8, 4) is 0 Å². The standard InChI is InChI=1S/C14H22N2/c1-11(2)14-5-7-16-10-13(14)8-12-4-3-6-15-9-12/h5,7,10-12,15H,3-4,6,8-9H2,1-2H3. The predicted molar refractivity (Wildman–Crippen MR) is 67.6 cm³/mol. The molecule has 2 nitrogen and oxygen atoms in total. The first-order valence-electron chi connectivity index (χ1n) is 6.41. The van der Waals surface area contributed by atoms with E-state index in [2.05, 4.69) is 36.4 Å². The predicted octanol–water partition coefficient (Wildman–Crippen LogP) is 2.75. The monoisotopic (exact) mass is 218 g/mol. The quantitative estimate of drug-likeness (QED) is 0.844. The van der Waals surface area contributed by atoms with Crippen molar-refractivity contribution in [2.45, 2.75) is 39.0 Å². The Morgan fingerprint density at radius 3 is 3.06 bits per heavy atom. The molecule has 0 aliphatic carbocycles. The van der Waals surface area contributed by atoms with Crippen LogP contribution in [0.15, 0.2) is 18.5 Å². The van der Waals surface area contributed by atoms with E-state index in [1.165, 1.54) is 43.5 Å². The van der Waals surface area contributed by atoms with Gasteiger partial charge in [0, 0.05) is 12.4 Å². The Hall–Kier alpha value is -0.890. The summed E-state index contributed by atoms with van der Waals surface area (Å²) in [6.07, 6.45) is 7.84. The Labute approximate surface area is 98.5 Å². The highest BCUT2D eigenvalue weighted by Crippen LogP contribution is 2.23. The van der Waals surface area contributed by atoms with Crippen molar-refractivity contribution in [2.75, 3.05) is 13.1 Å². The molecule has 1 atom stereocenters. The molecule has 1 aromatic heterocycles. The maximum absolute atomic E-state index is 4.27. The second-order valence-electron chi connectivity index (χ2n) is 5.15. The highest BCUT2D eigenvalue weighted by atomic mass is 14.9. The number of hydrogen-bond acceptors (Lipinski definition) is 2. The summed E-state index contributed by atoms with van der Waals surface area (Å²) in [5, 5.41) is 3.48. The van der Waals surface area contributed by atoms with Gasteiger partial charge in [0.1, 0.15) is 0 Å². The molecule has 88 valence electrons. The molecule has 1 unspecified atom stereocenters. The second-order valence-corrected chi connectivity index (χ2v) is 5.15. The summed E-state index contributed by atoms with van der Waals surface area (Å²) in [4.78, 5) is 4.27. The molecule has 2 rings (SSSR count). The van der Waals surface area contributed by atoms with Crippen LogP contribution in [-0.2, 0) is 6.42 Å². The maximum Gasteiger partial charge on any atom is 0.0302 e.